The molecule has 1 amide bonds. The SMILES string of the molecule is COC(=O)[C@H]1Cc2ccccc2CN1CC(=O)Nc1ccccc1Oc1ccccc1. The van der Waals surface area contributed by atoms with Crippen LogP contribution in [0.2, 0.25) is 0 Å². The van der Waals surface area contributed by atoms with Crippen molar-refractivity contribution in [1.82, 2.24) is 4.90 Å². The quantitative estimate of drug-likeness (QED) is 0.615. The Morgan fingerprint density at radius 3 is 2.39 bits per heavy atom. The number of benzene rings is 3. The van der Waals surface area contributed by atoms with Crippen molar-refractivity contribution in [2.24, 2.45) is 0 Å². The third-order valence-electron chi connectivity index (χ3n) is 5.30. The smallest absolute Gasteiger partial charge is 0.323 e. The third kappa shape index (κ3) is 4.92. The van der Waals surface area contributed by atoms with Gasteiger partial charge in [0.15, 0.2) is 5.75 Å². The van der Waals surface area contributed by atoms with Crippen LogP contribution in [0.4, 0.5) is 5.69 Å². The molecule has 4 rings (SSSR count). The first-order valence-electron chi connectivity index (χ1n) is 10.1. The van der Waals surface area contributed by atoms with Crippen molar-refractivity contribution < 1.29 is 19.1 Å². The molecule has 6 nitrogen and oxygen atoms in total. The second kappa shape index (κ2) is 9.45. The van der Waals surface area contributed by atoms with Gasteiger partial charge in [-0.25, -0.2) is 0 Å². The normalized spacial score (nSPS) is 15.6. The van der Waals surface area contributed by atoms with Gasteiger partial charge in [0.25, 0.3) is 0 Å². The molecule has 158 valence electrons. The van der Waals surface area contributed by atoms with Crippen LogP contribution in [-0.4, -0.2) is 36.5 Å². The van der Waals surface area contributed by atoms with Crippen LogP contribution in [-0.2, 0) is 27.3 Å². The lowest BCUT2D eigenvalue weighted by atomic mass is 9.94. The number of nitrogens with one attached hydrogen (secondary N) is 1. The summed E-state index contributed by atoms with van der Waals surface area (Å²) in [6, 6.07) is 24.1. The lowest BCUT2D eigenvalue weighted by molar-refractivity contribution is -0.148. The lowest BCUT2D eigenvalue weighted by Crippen LogP contribution is -2.49. The summed E-state index contributed by atoms with van der Waals surface area (Å²) in [4.78, 5) is 27.1. The van der Waals surface area contributed by atoms with Gasteiger partial charge in [0.1, 0.15) is 11.8 Å². The molecular formula is C25H24N2O4. The fourth-order valence-electron chi connectivity index (χ4n) is 3.76. The molecule has 0 saturated carbocycles. The van der Waals surface area contributed by atoms with Crippen LogP contribution < -0.4 is 10.1 Å². The molecule has 0 fully saturated rings. The number of anilines is 1. The number of rotatable bonds is 6. The van der Waals surface area contributed by atoms with Crippen molar-refractivity contribution >= 4 is 17.6 Å². The van der Waals surface area contributed by atoms with E-state index in [4.69, 9.17) is 9.47 Å². The largest absolute Gasteiger partial charge is 0.468 e. The van der Waals surface area contributed by atoms with E-state index in [0.717, 1.165) is 11.1 Å². The minimum absolute atomic E-state index is 0.0633. The summed E-state index contributed by atoms with van der Waals surface area (Å²) in [5, 5.41) is 2.92. The molecule has 0 unspecified atom stereocenters. The van der Waals surface area contributed by atoms with Crippen LogP contribution in [0.3, 0.4) is 0 Å². The molecule has 1 aliphatic rings. The van der Waals surface area contributed by atoms with Crippen LogP contribution in [0, 0.1) is 0 Å². The first kappa shape index (κ1) is 20.6. The van der Waals surface area contributed by atoms with Gasteiger partial charge < -0.3 is 14.8 Å². The van der Waals surface area contributed by atoms with E-state index in [0.29, 0.717) is 30.2 Å². The molecule has 0 saturated heterocycles. The summed E-state index contributed by atoms with van der Waals surface area (Å²) in [7, 11) is 1.37. The van der Waals surface area contributed by atoms with Crippen LogP contribution in [0.5, 0.6) is 11.5 Å². The number of hydrogen-bond acceptors (Lipinski definition) is 5. The molecule has 31 heavy (non-hydrogen) atoms. The number of fused-ring (bicyclic) bond motifs is 1. The van der Waals surface area contributed by atoms with E-state index in [2.05, 4.69) is 5.32 Å². The number of ether oxygens (including phenoxy) is 2. The Balaban J connectivity index is 1.49. The highest BCUT2D eigenvalue weighted by Crippen LogP contribution is 2.29. The van der Waals surface area contributed by atoms with Gasteiger partial charge in [0, 0.05) is 6.54 Å². The standard InChI is InChI=1S/C25H24N2O4/c1-30-25(29)22-15-18-9-5-6-10-19(18)16-27(22)17-24(28)26-21-13-7-8-14-23(21)31-20-11-3-2-4-12-20/h2-14,22H,15-17H2,1H3,(H,26,28)/t22-/m1/s1. The Hall–Kier alpha value is -3.64. The average molecular weight is 416 g/mol. The number of para-hydroxylation sites is 3. The number of nitrogens with zero attached hydrogens (tertiary/aromatic N) is 1. The van der Waals surface area contributed by atoms with Crippen molar-refractivity contribution in [1.29, 1.82) is 0 Å². The van der Waals surface area contributed by atoms with E-state index in [1.165, 1.54) is 7.11 Å². The van der Waals surface area contributed by atoms with Gasteiger partial charge in [-0.15, -0.1) is 0 Å². The predicted octanol–water partition coefficient (Wildman–Crippen LogP) is 4.02. The zero-order chi connectivity index (χ0) is 21.6. The maximum atomic E-state index is 12.9. The zero-order valence-corrected chi connectivity index (χ0v) is 17.3. The van der Waals surface area contributed by atoms with E-state index in [9.17, 15) is 9.59 Å². The van der Waals surface area contributed by atoms with Gasteiger partial charge in [0.2, 0.25) is 5.91 Å². The minimum atomic E-state index is -0.499. The summed E-state index contributed by atoms with van der Waals surface area (Å²) in [6.07, 6.45) is 0.518. The van der Waals surface area contributed by atoms with Gasteiger partial charge in [-0.05, 0) is 41.8 Å². The highest BCUT2D eigenvalue weighted by Gasteiger charge is 2.33. The van der Waals surface area contributed by atoms with E-state index < -0.39 is 6.04 Å². The van der Waals surface area contributed by atoms with Crippen molar-refractivity contribution in [2.45, 2.75) is 19.0 Å². The van der Waals surface area contributed by atoms with Crippen molar-refractivity contribution in [2.75, 3.05) is 19.0 Å². The molecule has 0 bridgehead atoms. The Morgan fingerprint density at radius 1 is 0.935 bits per heavy atom. The van der Waals surface area contributed by atoms with Gasteiger partial charge in [0.05, 0.1) is 19.3 Å². The molecule has 0 spiro atoms. The Kier molecular flexibility index (Phi) is 6.29. The fourth-order valence-corrected chi connectivity index (χ4v) is 3.76. The highest BCUT2D eigenvalue weighted by atomic mass is 16.5. The van der Waals surface area contributed by atoms with Crippen molar-refractivity contribution in [3.8, 4) is 11.5 Å². The zero-order valence-electron chi connectivity index (χ0n) is 17.3. The summed E-state index contributed by atoms with van der Waals surface area (Å²) in [5.74, 6) is 0.672. The van der Waals surface area contributed by atoms with E-state index in [-0.39, 0.29) is 18.4 Å². The van der Waals surface area contributed by atoms with Crippen LogP contribution in [0.15, 0.2) is 78.9 Å². The molecule has 1 aliphatic heterocycles. The topological polar surface area (TPSA) is 67.9 Å². The fraction of sp³-hybridized carbons (Fsp3) is 0.200. The number of methoxy groups -OCH3 is 1. The van der Waals surface area contributed by atoms with E-state index in [1.54, 1.807) is 12.1 Å². The monoisotopic (exact) mass is 416 g/mol. The predicted molar refractivity (Wildman–Crippen MR) is 118 cm³/mol. The third-order valence-corrected chi connectivity index (χ3v) is 5.30. The van der Waals surface area contributed by atoms with Gasteiger partial charge >= 0.3 is 5.97 Å². The molecule has 0 aliphatic carbocycles. The average Bonchev–Trinajstić information content (AvgIpc) is 2.80. The molecule has 6 heteroatoms. The number of esters is 1. The number of carbonyl (C=O) groups excluding carboxylic acids is 2. The molecule has 0 radical (unpaired) electrons. The first-order valence-corrected chi connectivity index (χ1v) is 10.1. The van der Waals surface area contributed by atoms with Crippen molar-refractivity contribution in [3.63, 3.8) is 0 Å². The first-order chi connectivity index (χ1) is 15.1. The van der Waals surface area contributed by atoms with E-state index >= 15 is 0 Å². The van der Waals surface area contributed by atoms with Crippen LogP contribution in [0.25, 0.3) is 0 Å². The molecule has 1 N–H and O–H groups in total. The highest BCUT2D eigenvalue weighted by molar-refractivity contribution is 5.94. The van der Waals surface area contributed by atoms with Crippen LogP contribution >= 0.6 is 0 Å². The summed E-state index contributed by atoms with van der Waals surface area (Å²) < 4.78 is 10.9. The molecule has 3 aromatic rings. The molecule has 1 heterocycles. The maximum absolute atomic E-state index is 12.9. The summed E-state index contributed by atoms with van der Waals surface area (Å²) in [6.45, 7) is 0.569. The number of carbonyl (C=O) groups is 2. The number of hydrogen-bond donors (Lipinski definition) is 1. The van der Waals surface area contributed by atoms with E-state index in [1.807, 2.05) is 71.6 Å². The second-order valence-corrected chi connectivity index (χ2v) is 7.38. The second-order valence-electron chi connectivity index (χ2n) is 7.38. The maximum Gasteiger partial charge on any atom is 0.323 e. The number of amides is 1. The Bertz CT molecular complexity index is 1070. The molecule has 0 aromatic heterocycles. The molecule has 1 atom stereocenters. The lowest BCUT2D eigenvalue weighted by Gasteiger charge is -2.34. The molecule has 3 aromatic carbocycles. The molecular weight excluding hydrogens is 392 g/mol. The Labute approximate surface area is 181 Å². The van der Waals surface area contributed by atoms with Gasteiger partial charge in [-0.2, -0.15) is 0 Å². The van der Waals surface area contributed by atoms with Crippen molar-refractivity contribution in [3.05, 3.63) is 90.0 Å². The van der Waals surface area contributed by atoms with Crippen LogP contribution in [0.1, 0.15) is 11.1 Å². The summed E-state index contributed by atoms with van der Waals surface area (Å²) >= 11 is 0. The Morgan fingerprint density at radius 2 is 1.61 bits per heavy atom. The van der Waals surface area contributed by atoms with Gasteiger partial charge in [-0.3, -0.25) is 14.5 Å². The van der Waals surface area contributed by atoms with Gasteiger partial charge in [-0.1, -0.05) is 54.6 Å². The summed E-state index contributed by atoms with van der Waals surface area (Å²) in [5.41, 5.74) is 2.79. The minimum Gasteiger partial charge on any atom is -0.468 e.